The molecule has 0 radical (unpaired) electrons. The van der Waals surface area contributed by atoms with Crippen LogP contribution in [0.5, 0.6) is 0 Å². The van der Waals surface area contributed by atoms with Gasteiger partial charge in [0, 0.05) is 39.3 Å². The first-order chi connectivity index (χ1) is 10.0. The minimum atomic E-state index is -2.99. The Balaban J connectivity index is 1.95. The molecular formula is C14H25NO5S. The minimum absolute atomic E-state index is 0.0565. The molecule has 2 heterocycles. The fraction of sp³-hybridized carbons (Fsp3) is 0.929. The highest BCUT2D eigenvalue weighted by atomic mass is 32.2. The molecule has 2 aliphatic heterocycles. The molecule has 2 rings (SSSR count). The topological polar surface area (TPSA) is 72.9 Å². The first-order valence-corrected chi connectivity index (χ1v) is 9.40. The van der Waals surface area contributed by atoms with Crippen LogP contribution in [0.3, 0.4) is 0 Å². The molecule has 21 heavy (non-hydrogen) atoms. The highest BCUT2D eigenvalue weighted by Gasteiger charge is 2.35. The number of hydrogen-bond donors (Lipinski definition) is 0. The quantitative estimate of drug-likeness (QED) is 0.711. The average Bonchev–Trinajstić information content (AvgIpc) is 2.80. The number of hydrogen-bond acceptors (Lipinski definition) is 5. The molecule has 0 aromatic rings. The molecule has 0 aliphatic carbocycles. The van der Waals surface area contributed by atoms with E-state index in [1.165, 1.54) is 0 Å². The maximum absolute atomic E-state index is 12.6. The standard InChI is InChI=1S/C14H25NO5S/c1-19-8-5-15(13-4-9-21(17,18)11-13)14(16)10-12-2-6-20-7-3-12/h12-13H,2-11H2,1H3. The number of carbonyl (C=O) groups excluding carboxylic acids is 1. The number of methoxy groups -OCH3 is 1. The number of rotatable bonds is 6. The van der Waals surface area contributed by atoms with Gasteiger partial charge in [0.25, 0.3) is 0 Å². The Morgan fingerprint density at radius 3 is 2.57 bits per heavy atom. The van der Waals surface area contributed by atoms with Crippen molar-refractivity contribution in [1.29, 1.82) is 0 Å². The molecule has 1 unspecified atom stereocenters. The van der Waals surface area contributed by atoms with Crippen molar-refractivity contribution in [3.63, 3.8) is 0 Å². The Bertz CT molecular complexity index is 444. The van der Waals surface area contributed by atoms with Crippen LogP contribution in [-0.2, 0) is 24.1 Å². The van der Waals surface area contributed by atoms with Crippen molar-refractivity contribution in [2.24, 2.45) is 5.92 Å². The van der Waals surface area contributed by atoms with Crippen molar-refractivity contribution in [2.75, 3.05) is 45.0 Å². The smallest absolute Gasteiger partial charge is 0.223 e. The van der Waals surface area contributed by atoms with Crippen molar-refractivity contribution in [3.8, 4) is 0 Å². The molecule has 2 fully saturated rings. The van der Waals surface area contributed by atoms with Gasteiger partial charge in [-0.05, 0) is 25.2 Å². The van der Waals surface area contributed by atoms with Crippen molar-refractivity contribution in [3.05, 3.63) is 0 Å². The molecule has 1 amide bonds. The Morgan fingerprint density at radius 1 is 1.29 bits per heavy atom. The molecule has 0 aromatic carbocycles. The third-order valence-electron chi connectivity index (χ3n) is 4.31. The summed E-state index contributed by atoms with van der Waals surface area (Å²) in [6, 6.07) is -0.183. The van der Waals surface area contributed by atoms with Crippen LogP contribution in [0.1, 0.15) is 25.7 Å². The average molecular weight is 319 g/mol. The maximum Gasteiger partial charge on any atom is 0.223 e. The lowest BCUT2D eigenvalue weighted by Crippen LogP contribution is -2.44. The van der Waals surface area contributed by atoms with Crippen LogP contribution in [-0.4, -0.2) is 70.2 Å². The van der Waals surface area contributed by atoms with Crippen molar-refractivity contribution in [1.82, 2.24) is 4.90 Å². The maximum atomic E-state index is 12.6. The van der Waals surface area contributed by atoms with Gasteiger partial charge in [0.1, 0.15) is 0 Å². The highest BCUT2D eigenvalue weighted by molar-refractivity contribution is 7.91. The number of carbonyl (C=O) groups is 1. The predicted molar refractivity (Wildman–Crippen MR) is 78.8 cm³/mol. The van der Waals surface area contributed by atoms with Crippen molar-refractivity contribution < 1.29 is 22.7 Å². The summed E-state index contributed by atoms with van der Waals surface area (Å²) in [5, 5.41) is 0. The largest absolute Gasteiger partial charge is 0.383 e. The third-order valence-corrected chi connectivity index (χ3v) is 6.06. The van der Waals surface area contributed by atoms with Crippen molar-refractivity contribution >= 4 is 15.7 Å². The number of ether oxygens (including phenoxy) is 2. The monoisotopic (exact) mass is 319 g/mol. The van der Waals surface area contributed by atoms with Crippen LogP contribution in [0.4, 0.5) is 0 Å². The van der Waals surface area contributed by atoms with Crippen LogP contribution in [0.25, 0.3) is 0 Å². The molecule has 0 saturated carbocycles. The van der Waals surface area contributed by atoms with Gasteiger partial charge in [-0.2, -0.15) is 0 Å². The fourth-order valence-electron chi connectivity index (χ4n) is 3.04. The lowest BCUT2D eigenvalue weighted by molar-refractivity contribution is -0.135. The van der Waals surface area contributed by atoms with Gasteiger partial charge < -0.3 is 14.4 Å². The van der Waals surface area contributed by atoms with E-state index in [-0.39, 0.29) is 23.5 Å². The van der Waals surface area contributed by atoms with E-state index in [2.05, 4.69) is 0 Å². The normalized spacial score (nSPS) is 25.9. The molecule has 0 spiro atoms. The zero-order valence-corrected chi connectivity index (χ0v) is 13.4. The fourth-order valence-corrected chi connectivity index (χ4v) is 4.77. The van der Waals surface area contributed by atoms with E-state index >= 15 is 0 Å². The van der Waals surface area contributed by atoms with Gasteiger partial charge in [0.05, 0.1) is 18.1 Å². The van der Waals surface area contributed by atoms with Gasteiger partial charge in [0.2, 0.25) is 5.91 Å². The van der Waals surface area contributed by atoms with Crippen LogP contribution in [0, 0.1) is 5.92 Å². The van der Waals surface area contributed by atoms with Gasteiger partial charge in [-0.3, -0.25) is 4.79 Å². The Hall–Kier alpha value is -0.660. The van der Waals surface area contributed by atoms with Gasteiger partial charge >= 0.3 is 0 Å². The van der Waals surface area contributed by atoms with Crippen LogP contribution >= 0.6 is 0 Å². The van der Waals surface area contributed by atoms with Crippen LogP contribution in [0.2, 0.25) is 0 Å². The Morgan fingerprint density at radius 2 is 2.00 bits per heavy atom. The van der Waals surface area contributed by atoms with Crippen LogP contribution < -0.4 is 0 Å². The summed E-state index contributed by atoms with van der Waals surface area (Å²) in [6.45, 7) is 2.34. The summed E-state index contributed by atoms with van der Waals surface area (Å²) >= 11 is 0. The van der Waals surface area contributed by atoms with E-state index in [4.69, 9.17) is 9.47 Å². The SMILES string of the molecule is COCCN(C(=O)CC1CCOCC1)C1CCS(=O)(=O)C1. The van der Waals surface area contributed by atoms with Gasteiger partial charge in [0.15, 0.2) is 9.84 Å². The van der Waals surface area contributed by atoms with E-state index in [0.29, 0.717) is 45.1 Å². The molecular weight excluding hydrogens is 294 g/mol. The molecule has 0 aromatic heterocycles. The molecule has 2 aliphatic rings. The van der Waals surface area contributed by atoms with Gasteiger partial charge in [-0.15, -0.1) is 0 Å². The Kier molecular flexibility index (Phi) is 6.01. The van der Waals surface area contributed by atoms with Gasteiger partial charge in [-0.1, -0.05) is 0 Å². The molecule has 0 N–H and O–H groups in total. The number of sulfone groups is 1. The summed E-state index contributed by atoms with van der Waals surface area (Å²) in [4.78, 5) is 14.3. The van der Waals surface area contributed by atoms with E-state index in [0.717, 1.165) is 12.8 Å². The summed E-state index contributed by atoms with van der Waals surface area (Å²) in [5.74, 6) is 0.692. The molecule has 1 atom stereocenters. The summed E-state index contributed by atoms with van der Waals surface area (Å²) < 4.78 is 33.7. The molecule has 122 valence electrons. The first kappa shape index (κ1) is 16.7. The Labute approximate surface area is 126 Å². The molecule has 2 saturated heterocycles. The minimum Gasteiger partial charge on any atom is -0.383 e. The molecule has 6 nitrogen and oxygen atoms in total. The third kappa shape index (κ3) is 4.93. The van der Waals surface area contributed by atoms with Crippen molar-refractivity contribution in [2.45, 2.75) is 31.7 Å². The summed E-state index contributed by atoms with van der Waals surface area (Å²) in [6.07, 6.45) is 2.86. The first-order valence-electron chi connectivity index (χ1n) is 7.58. The zero-order chi connectivity index (χ0) is 15.3. The second-order valence-corrected chi connectivity index (χ2v) is 8.13. The van der Waals surface area contributed by atoms with E-state index in [9.17, 15) is 13.2 Å². The molecule has 0 bridgehead atoms. The van der Waals surface area contributed by atoms with Crippen LogP contribution in [0.15, 0.2) is 0 Å². The van der Waals surface area contributed by atoms with E-state index in [1.54, 1.807) is 12.0 Å². The second kappa shape index (κ2) is 7.56. The lowest BCUT2D eigenvalue weighted by atomic mass is 9.95. The number of amides is 1. The van der Waals surface area contributed by atoms with Gasteiger partial charge in [-0.25, -0.2) is 8.42 Å². The number of nitrogens with zero attached hydrogens (tertiary/aromatic N) is 1. The highest BCUT2D eigenvalue weighted by Crippen LogP contribution is 2.23. The summed E-state index contributed by atoms with van der Waals surface area (Å²) in [5.41, 5.74) is 0. The van der Waals surface area contributed by atoms with E-state index < -0.39 is 9.84 Å². The lowest BCUT2D eigenvalue weighted by Gasteiger charge is -2.30. The predicted octanol–water partition coefficient (Wildman–Crippen LogP) is 0.465. The van der Waals surface area contributed by atoms with E-state index in [1.807, 2.05) is 0 Å². The second-order valence-electron chi connectivity index (χ2n) is 5.90. The summed E-state index contributed by atoms with van der Waals surface area (Å²) in [7, 11) is -1.40. The zero-order valence-electron chi connectivity index (χ0n) is 12.6. The molecule has 7 heteroatoms.